The molecule has 0 saturated heterocycles. The maximum atomic E-state index is 5.35. The Morgan fingerprint density at radius 1 is 0.808 bits per heavy atom. The minimum atomic E-state index is 0.380. The maximum Gasteiger partial charge on any atom is 0.276 e. The van der Waals surface area contributed by atoms with E-state index >= 15 is 0 Å². The second-order valence-corrected chi connectivity index (χ2v) is 5.87. The molecule has 0 fully saturated rings. The topological polar surface area (TPSA) is 80.5 Å². The summed E-state index contributed by atoms with van der Waals surface area (Å²) in [5.41, 5.74) is 3.18. The molecule has 3 heterocycles. The SMILES string of the molecule is c1ccc(-c2noc(-c3cc(-c4ccc5ccccc5c4)n[nH]3)n2)nc1. The van der Waals surface area contributed by atoms with Crippen molar-refractivity contribution in [1.82, 2.24) is 25.3 Å². The Hall–Kier alpha value is -3.80. The summed E-state index contributed by atoms with van der Waals surface area (Å²) in [7, 11) is 0. The van der Waals surface area contributed by atoms with Crippen LogP contribution in [0.4, 0.5) is 0 Å². The zero-order valence-electron chi connectivity index (χ0n) is 13.6. The van der Waals surface area contributed by atoms with E-state index in [1.807, 2.05) is 36.4 Å². The van der Waals surface area contributed by atoms with Gasteiger partial charge in [-0.2, -0.15) is 10.1 Å². The number of aromatic amines is 1. The van der Waals surface area contributed by atoms with Gasteiger partial charge in [0.25, 0.3) is 5.89 Å². The van der Waals surface area contributed by atoms with Crippen molar-refractivity contribution in [2.24, 2.45) is 0 Å². The van der Waals surface area contributed by atoms with Crippen molar-refractivity contribution >= 4 is 10.8 Å². The van der Waals surface area contributed by atoms with E-state index in [4.69, 9.17) is 4.52 Å². The number of nitrogens with zero attached hydrogens (tertiary/aromatic N) is 4. The van der Waals surface area contributed by atoms with Gasteiger partial charge in [-0.15, -0.1) is 0 Å². The van der Waals surface area contributed by atoms with Crippen LogP contribution in [0.1, 0.15) is 0 Å². The van der Waals surface area contributed by atoms with Crippen LogP contribution in [0.25, 0.3) is 45.1 Å². The fraction of sp³-hybridized carbons (Fsp3) is 0. The Morgan fingerprint density at radius 2 is 1.69 bits per heavy atom. The van der Waals surface area contributed by atoms with Gasteiger partial charge in [0.15, 0.2) is 0 Å². The highest BCUT2D eigenvalue weighted by molar-refractivity contribution is 5.87. The van der Waals surface area contributed by atoms with E-state index in [1.54, 1.807) is 6.20 Å². The number of nitrogens with one attached hydrogen (secondary N) is 1. The van der Waals surface area contributed by atoms with Crippen molar-refractivity contribution in [2.45, 2.75) is 0 Å². The van der Waals surface area contributed by atoms with Crippen molar-refractivity contribution in [1.29, 1.82) is 0 Å². The zero-order valence-corrected chi connectivity index (χ0v) is 13.6. The van der Waals surface area contributed by atoms with Crippen molar-refractivity contribution < 1.29 is 4.52 Å². The largest absolute Gasteiger partial charge is 0.332 e. The lowest BCUT2D eigenvalue weighted by Crippen LogP contribution is -1.84. The third kappa shape index (κ3) is 2.53. The Morgan fingerprint density at radius 3 is 2.58 bits per heavy atom. The molecule has 0 aliphatic carbocycles. The molecule has 0 aliphatic rings. The molecule has 6 heteroatoms. The highest BCUT2D eigenvalue weighted by Gasteiger charge is 2.14. The highest BCUT2D eigenvalue weighted by Crippen LogP contribution is 2.26. The number of pyridine rings is 1. The van der Waals surface area contributed by atoms with Crippen LogP contribution in [-0.4, -0.2) is 25.3 Å². The van der Waals surface area contributed by atoms with Crippen LogP contribution in [0.2, 0.25) is 0 Å². The number of benzene rings is 2. The van der Waals surface area contributed by atoms with E-state index in [9.17, 15) is 0 Å². The summed E-state index contributed by atoms with van der Waals surface area (Å²) >= 11 is 0. The summed E-state index contributed by atoms with van der Waals surface area (Å²) in [6.07, 6.45) is 1.69. The second-order valence-electron chi connectivity index (χ2n) is 5.87. The number of aromatic nitrogens is 5. The van der Waals surface area contributed by atoms with Gasteiger partial charge < -0.3 is 4.52 Å². The fourth-order valence-electron chi connectivity index (χ4n) is 2.86. The molecule has 0 aliphatic heterocycles. The fourth-order valence-corrected chi connectivity index (χ4v) is 2.86. The third-order valence-electron chi connectivity index (χ3n) is 4.17. The minimum Gasteiger partial charge on any atom is -0.332 e. The number of hydrogen-bond donors (Lipinski definition) is 1. The quantitative estimate of drug-likeness (QED) is 0.529. The summed E-state index contributed by atoms with van der Waals surface area (Å²) < 4.78 is 5.35. The van der Waals surface area contributed by atoms with E-state index in [-0.39, 0.29) is 0 Å². The first-order chi connectivity index (χ1) is 12.9. The molecule has 0 radical (unpaired) electrons. The Bertz CT molecular complexity index is 1190. The first kappa shape index (κ1) is 14.5. The molecule has 0 bridgehead atoms. The van der Waals surface area contributed by atoms with Crippen LogP contribution in [0.3, 0.4) is 0 Å². The predicted molar refractivity (Wildman–Crippen MR) is 98.1 cm³/mol. The summed E-state index contributed by atoms with van der Waals surface area (Å²) in [5.74, 6) is 0.827. The summed E-state index contributed by atoms with van der Waals surface area (Å²) in [6.45, 7) is 0. The lowest BCUT2D eigenvalue weighted by molar-refractivity contribution is 0.430. The highest BCUT2D eigenvalue weighted by atomic mass is 16.5. The van der Waals surface area contributed by atoms with Gasteiger partial charge in [0, 0.05) is 11.8 Å². The smallest absolute Gasteiger partial charge is 0.276 e. The lowest BCUT2D eigenvalue weighted by atomic mass is 10.1. The second kappa shape index (κ2) is 5.93. The number of fused-ring (bicyclic) bond motifs is 1. The molecule has 6 nitrogen and oxygen atoms in total. The van der Waals surface area contributed by atoms with Crippen LogP contribution in [0, 0.1) is 0 Å². The molecular formula is C20H13N5O. The summed E-state index contributed by atoms with van der Waals surface area (Å²) in [6, 6.07) is 21.9. The molecular weight excluding hydrogens is 326 g/mol. The van der Waals surface area contributed by atoms with E-state index in [2.05, 4.69) is 55.7 Å². The lowest BCUT2D eigenvalue weighted by Gasteiger charge is -2.00. The monoisotopic (exact) mass is 339 g/mol. The molecule has 0 amide bonds. The van der Waals surface area contributed by atoms with Gasteiger partial charge in [-0.05, 0) is 35.0 Å². The number of rotatable bonds is 3. The Labute approximate surface area is 148 Å². The van der Waals surface area contributed by atoms with Gasteiger partial charge in [0.1, 0.15) is 11.4 Å². The number of hydrogen-bond acceptors (Lipinski definition) is 5. The summed E-state index contributed by atoms with van der Waals surface area (Å²) in [5, 5.41) is 13.7. The predicted octanol–water partition coefficient (Wildman–Crippen LogP) is 4.34. The first-order valence-electron chi connectivity index (χ1n) is 8.17. The third-order valence-corrected chi connectivity index (χ3v) is 4.17. The van der Waals surface area contributed by atoms with Gasteiger partial charge in [0.05, 0.1) is 5.69 Å². The van der Waals surface area contributed by atoms with Gasteiger partial charge in [-0.3, -0.25) is 10.1 Å². The Balaban J connectivity index is 1.49. The molecule has 124 valence electrons. The molecule has 26 heavy (non-hydrogen) atoms. The molecule has 1 N–H and O–H groups in total. The van der Waals surface area contributed by atoms with Crippen LogP contribution in [0.5, 0.6) is 0 Å². The molecule has 5 aromatic rings. The standard InChI is InChI=1S/C20H13N5O/c1-2-6-14-11-15(9-8-13(14)5-1)17-12-18(24-23-17)20-22-19(25-26-20)16-7-3-4-10-21-16/h1-12H,(H,23,24). The molecule has 0 unspecified atom stereocenters. The van der Waals surface area contributed by atoms with Crippen molar-refractivity contribution in [3.05, 3.63) is 72.9 Å². The molecule has 0 spiro atoms. The van der Waals surface area contributed by atoms with Gasteiger partial charge >= 0.3 is 0 Å². The molecule has 5 rings (SSSR count). The zero-order chi connectivity index (χ0) is 17.3. The van der Waals surface area contributed by atoms with Gasteiger partial charge in [-0.25, -0.2) is 0 Å². The van der Waals surface area contributed by atoms with Gasteiger partial charge in [0.2, 0.25) is 5.82 Å². The van der Waals surface area contributed by atoms with E-state index < -0.39 is 0 Å². The Kier molecular flexibility index (Phi) is 3.31. The maximum absolute atomic E-state index is 5.35. The molecule has 0 saturated carbocycles. The van der Waals surface area contributed by atoms with Crippen LogP contribution < -0.4 is 0 Å². The van der Waals surface area contributed by atoms with Crippen LogP contribution in [-0.2, 0) is 0 Å². The van der Waals surface area contributed by atoms with Crippen LogP contribution in [0.15, 0.2) is 77.4 Å². The minimum absolute atomic E-state index is 0.380. The van der Waals surface area contributed by atoms with E-state index in [1.165, 1.54) is 10.8 Å². The van der Waals surface area contributed by atoms with Gasteiger partial charge in [-0.1, -0.05) is 47.6 Å². The van der Waals surface area contributed by atoms with E-state index in [0.29, 0.717) is 23.1 Å². The average Bonchev–Trinajstić information content (AvgIpc) is 3.38. The molecule has 3 aromatic heterocycles. The number of H-pyrrole nitrogens is 1. The molecule has 2 aromatic carbocycles. The van der Waals surface area contributed by atoms with Crippen molar-refractivity contribution in [3.8, 4) is 34.4 Å². The van der Waals surface area contributed by atoms with Crippen LogP contribution >= 0.6 is 0 Å². The average molecular weight is 339 g/mol. The molecule has 0 atom stereocenters. The van der Waals surface area contributed by atoms with E-state index in [0.717, 1.165) is 11.3 Å². The van der Waals surface area contributed by atoms with Crippen molar-refractivity contribution in [2.75, 3.05) is 0 Å². The van der Waals surface area contributed by atoms with Crippen molar-refractivity contribution in [3.63, 3.8) is 0 Å². The first-order valence-corrected chi connectivity index (χ1v) is 8.17. The normalized spacial score (nSPS) is 11.1. The summed E-state index contributed by atoms with van der Waals surface area (Å²) in [4.78, 5) is 8.62.